The van der Waals surface area contributed by atoms with Crippen LogP contribution in [0.5, 0.6) is 0 Å². The van der Waals surface area contributed by atoms with Gasteiger partial charge in [0.15, 0.2) is 5.15 Å². The number of aromatic nitrogens is 2. The number of pyridine rings is 1. The molecule has 2 heterocycles. The Hall–Kier alpha value is -0.580. The predicted octanol–water partition coefficient (Wildman–Crippen LogP) is 2.29. The van der Waals surface area contributed by atoms with Crippen LogP contribution in [0.1, 0.15) is 5.82 Å². The number of aliphatic hydroxyl groups excluding tert-OH is 1. The highest BCUT2D eigenvalue weighted by Crippen LogP contribution is 2.23. The van der Waals surface area contributed by atoms with E-state index < -0.39 is 0 Å². The third-order valence-electron chi connectivity index (χ3n) is 1.97. The number of fused-ring (bicyclic) bond motifs is 1. The first-order valence-electron chi connectivity index (χ1n) is 4.16. The van der Waals surface area contributed by atoms with Crippen LogP contribution < -0.4 is 0 Å². The number of halogens is 2. The van der Waals surface area contributed by atoms with E-state index in [2.05, 4.69) is 20.9 Å². The molecule has 3 nitrogen and oxygen atoms in total. The third-order valence-corrected chi connectivity index (χ3v) is 2.87. The summed E-state index contributed by atoms with van der Waals surface area (Å²) in [6.07, 6.45) is 0.497. The SMILES string of the molecule is OCCc1nc(Cl)c2cccc(Br)n12. The molecule has 0 fully saturated rings. The Kier molecular flexibility index (Phi) is 2.76. The molecule has 2 rings (SSSR count). The zero-order valence-corrected chi connectivity index (χ0v) is 9.59. The van der Waals surface area contributed by atoms with Crippen molar-refractivity contribution in [2.45, 2.75) is 6.42 Å². The topological polar surface area (TPSA) is 37.5 Å². The molecule has 5 heteroatoms. The Balaban J connectivity index is 2.72. The van der Waals surface area contributed by atoms with Gasteiger partial charge in [-0.2, -0.15) is 0 Å². The van der Waals surface area contributed by atoms with E-state index in [1.165, 1.54) is 0 Å². The van der Waals surface area contributed by atoms with Crippen molar-refractivity contribution in [3.63, 3.8) is 0 Å². The van der Waals surface area contributed by atoms with E-state index >= 15 is 0 Å². The lowest BCUT2D eigenvalue weighted by molar-refractivity contribution is 0.296. The first-order chi connectivity index (χ1) is 6.74. The Morgan fingerprint density at radius 3 is 3.00 bits per heavy atom. The van der Waals surface area contributed by atoms with Gasteiger partial charge in [0.1, 0.15) is 5.82 Å². The fraction of sp³-hybridized carbons (Fsp3) is 0.222. The van der Waals surface area contributed by atoms with Crippen LogP contribution in [-0.4, -0.2) is 21.1 Å². The maximum absolute atomic E-state index is 8.87. The van der Waals surface area contributed by atoms with Crippen LogP contribution in [0.4, 0.5) is 0 Å². The number of aliphatic hydroxyl groups is 1. The van der Waals surface area contributed by atoms with Gasteiger partial charge >= 0.3 is 0 Å². The molecule has 0 bridgehead atoms. The van der Waals surface area contributed by atoms with E-state index in [9.17, 15) is 0 Å². The van der Waals surface area contributed by atoms with Crippen molar-refractivity contribution < 1.29 is 5.11 Å². The Labute approximate surface area is 94.5 Å². The highest BCUT2D eigenvalue weighted by molar-refractivity contribution is 9.10. The molecule has 0 aliphatic rings. The summed E-state index contributed by atoms with van der Waals surface area (Å²) in [4.78, 5) is 4.18. The van der Waals surface area contributed by atoms with E-state index in [4.69, 9.17) is 16.7 Å². The van der Waals surface area contributed by atoms with Gasteiger partial charge in [-0.15, -0.1) is 0 Å². The lowest BCUT2D eigenvalue weighted by Gasteiger charge is -2.01. The van der Waals surface area contributed by atoms with Crippen molar-refractivity contribution in [3.05, 3.63) is 33.8 Å². The summed E-state index contributed by atoms with van der Waals surface area (Å²) in [6, 6.07) is 5.70. The van der Waals surface area contributed by atoms with Crippen molar-refractivity contribution >= 4 is 33.0 Å². The van der Waals surface area contributed by atoms with Gasteiger partial charge in [0.05, 0.1) is 16.7 Å². The average molecular weight is 276 g/mol. The number of nitrogens with zero attached hydrogens (tertiary/aromatic N) is 2. The van der Waals surface area contributed by atoms with Gasteiger partial charge in [-0.25, -0.2) is 4.98 Å². The van der Waals surface area contributed by atoms with Crippen LogP contribution in [0.2, 0.25) is 5.15 Å². The van der Waals surface area contributed by atoms with Crippen LogP contribution >= 0.6 is 27.5 Å². The van der Waals surface area contributed by atoms with Crippen molar-refractivity contribution in [1.29, 1.82) is 0 Å². The molecule has 0 saturated heterocycles. The molecular formula is C9H8BrClN2O. The van der Waals surface area contributed by atoms with Crippen molar-refractivity contribution in [2.75, 3.05) is 6.61 Å². The summed E-state index contributed by atoms with van der Waals surface area (Å²) in [7, 11) is 0. The van der Waals surface area contributed by atoms with Crippen LogP contribution in [-0.2, 0) is 6.42 Å². The average Bonchev–Trinajstić information content (AvgIpc) is 2.46. The monoisotopic (exact) mass is 274 g/mol. The van der Waals surface area contributed by atoms with Gasteiger partial charge in [-0.1, -0.05) is 17.7 Å². The molecule has 0 saturated carbocycles. The zero-order chi connectivity index (χ0) is 10.1. The standard InChI is InChI=1S/C9H8BrClN2O/c10-7-3-1-2-6-9(11)12-8(4-5-14)13(6)7/h1-3,14H,4-5H2. The number of hydrogen-bond acceptors (Lipinski definition) is 2. The van der Waals surface area contributed by atoms with Crippen molar-refractivity contribution in [2.24, 2.45) is 0 Å². The molecule has 0 spiro atoms. The molecular weight excluding hydrogens is 267 g/mol. The minimum atomic E-state index is 0.0662. The molecule has 1 N–H and O–H groups in total. The number of imidazole rings is 1. The Bertz CT molecular complexity index is 469. The van der Waals surface area contributed by atoms with E-state index in [-0.39, 0.29) is 6.61 Å². The quantitative estimate of drug-likeness (QED) is 0.854. The first-order valence-corrected chi connectivity index (χ1v) is 5.33. The summed E-state index contributed by atoms with van der Waals surface area (Å²) < 4.78 is 2.77. The normalized spacial score (nSPS) is 11.1. The Morgan fingerprint density at radius 2 is 2.29 bits per heavy atom. The summed E-state index contributed by atoms with van der Waals surface area (Å²) >= 11 is 9.36. The molecule has 0 atom stereocenters. The van der Waals surface area contributed by atoms with Gasteiger partial charge in [0, 0.05) is 6.42 Å². The largest absolute Gasteiger partial charge is 0.396 e. The smallest absolute Gasteiger partial charge is 0.155 e. The summed E-state index contributed by atoms with van der Waals surface area (Å²) in [5.74, 6) is 0.764. The molecule has 0 amide bonds. The molecule has 0 aliphatic heterocycles. The predicted molar refractivity (Wildman–Crippen MR) is 58.7 cm³/mol. The van der Waals surface area contributed by atoms with Gasteiger partial charge in [-0.3, -0.25) is 4.40 Å². The summed E-state index contributed by atoms with van der Waals surface area (Å²) in [6.45, 7) is 0.0662. The number of rotatable bonds is 2. The lowest BCUT2D eigenvalue weighted by Crippen LogP contribution is -1.99. The Morgan fingerprint density at radius 1 is 1.50 bits per heavy atom. The van der Waals surface area contributed by atoms with Gasteiger partial charge in [0.25, 0.3) is 0 Å². The summed E-state index contributed by atoms with van der Waals surface area (Å²) in [5, 5.41) is 9.33. The van der Waals surface area contributed by atoms with E-state index in [1.54, 1.807) is 0 Å². The molecule has 74 valence electrons. The highest BCUT2D eigenvalue weighted by atomic mass is 79.9. The molecule has 0 aromatic carbocycles. The molecule has 2 aromatic rings. The van der Waals surface area contributed by atoms with Crippen molar-refractivity contribution in [1.82, 2.24) is 9.38 Å². The maximum atomic E-state index is 8.87. The maximum Gasteiger partial charge on any atom is 0.155 e. The van der Waals surface area contributed by atoms with Crippen LogP contribution in [0.25, 0.3) is 5.52 Å². The van der Waals surface area contributed by atoms with E-state index in [1.807, 2.05) is 22.6 Å². The summed E-state index contributed by atoms with van der Waals surface area (Å²) in [5.41, 5.74) is 0.851. The minimum absolute atomic E-state index is 0.0662. The molecule has 2 aromatic heterocycles. The molecule has 0 radical (unpaired) electrons. The van der Waals surface area contributed by atoms with Gasteiger partial charge in [0.2, 0.25) is 0 Å². The van der Waals surface area contributed by atoms with Crippen LogP contribution in [0.3, 0.4) is 0 Å². The zero-order valence-electron chi connectivity index (χ0n) is 7.24. The molecule has 14 heavy (non-hydrogen) atoms. The lowest BCUT2D eigenvalue weighted by atomic mass is 10.4. The van der Waals surface area contributed by atoms with Crippen LogP contribution in [0.15, 0.2) is 22.8 Å². The van der Waals surface area contributed by atoms with Crippen molar-refractivity contribution in [3.8, 4) is 0 Å². The van der Waals surface area contributed by atoms with Gasteiger partial charge < -0.3 is 5.11 Å². The van der Waals surface area contributed by atoms with Gasteiger partial charge in [-0.05, 0) is 28.1 Å². The number of hydrogen-bond donors (Lipinski definition) is 1. The molecule has 0 unspecified atom stereocenters. The van der Waals surface area contributed by atoms with Crippen LogP contribution in [0, 0.1) is 0 Å². The second-order valence-corrected chi connectivity index (χ2v) is 4.03. The minimum Gasteiger partial charge on any atom is -0.396 e. The highest BCUT2D eigenvalue weighted by Gasteiger charge is 2.10. The van der Waals surface area contributed by atoms with E-state index in [0.29, 0.717) is 11.6 Å². The second-order valence-electron chi connectivity index (χ2n) is 2.86. The van der Waals surface area contributed by atoms with E-state index in [0.717, 1.165) is 15.9 Å². The first kappa shape index (κ1) is 9.96. The second kappa shape index (κ2) is 3.88. The molecule has 0 aliphatic carbocycles. The fourth-order valence-electron chi connectivity index (χ4n) is 1.39. The fourth-order valence-corrected chi connectivity index (χ4v) is 2.19. The third kappa shape index (κ3) is 1.54.